The Morgan fingerprint density at radius 2 is 1.94 bits per heavy atom. The van der Waals surface area contributed by atoms with Gasteiger partial charge in [0, 0.05) is 6.08 Å². The summed E-state index contributed by atoms with van der Waals surface area (Å²) in [5.41, 5.74) is 0.592. The molecule has 0 saturated heterocycles. The summed E-state index contributed by atoms with van der Waals surface area (Å²) in [6, 6.07) is 9.11. The first kappa shape index (κ1) is 11.0. The molecule has 6 heteroatoms. The highest BCUT2D eigenvalue weighted by molar-refractivity contribution is 5.97. The lowest BCUT2D eigenvalue weighted by molar-refractivity contribution is -0.418. The number of hydrazine groups is 1. The number of carbonyl (C=O) groups is 1. The molecule has 6 nitrogen and oxygen atoms in total. The van der Waals surface area contributed by atoms with Gasteiger partial charge >= 0.3 is 11.6 Å². The van der Waals surface area contributed by atoms with Crippen LogP contribution in [0.5, 0.6) is 0 Å². The third kappa shape index (κ3) is 2.06. The third-order valence-corrected chi connectivity index (χ3v) is 2.31. The van der Waals surface area contributed by atoms with Crippen LogP contribution < -0.4 is 5.84 Å². The summed E-state index contributed by atoms with van der Waals surface area (Å²) in [5, 5.41) is 11.3. The Morgan fingerprint density at radius 3 is 2.47 bits per heavy atom. The first-order chi connectivity index (χ1) is 8.09. The zero-order valence-electron chi connectivity index (χ0n) is 8.74. The Morgan fingerprint density at radius 1 is 1.29 bits per heavy atom. The summed E-state index contributed by atoms with van der Waals surface area (Å²) in [6.07, 6.45) is 2.77. The van der Waals surface area contributed by atoms with Crippen LogP contribution in [0, 0.1) is 10.1 Å². The zero-order chi connectivity index (χ0) is 12.4. The fraction of sp³-hybridized carbons (Fsp3) is 0. The van der Waals surface area contributed by atoms with E-state index in [1.807, 2.05) is 30.3 Å². The molecule has 0 saturated carbocycles. The van der Waals surface area contributed by atoms with Gasteiger partial charge in [-0.2, -0.15) is 0 Å². The number of carbonyl (C=O) groups excluding carboxylic acids is 1. The second kappa shape index (κ2) is 4.18. The first-order valence-corrected chi connectivity index (χ1v) is 4.81. The van der Waals surface area contributed by atoms with Crippen molar-refractivity contribution in [2.75, 3.05) is 0 Å². The van der Waals surface area contributed by atoms with Crippen molar-refractivity contribution >= 4 is 12.0 Å². The fourth-order valence-corrected chi connectivity index (χ4v) is 1.47. The van der Waals surface area contributed by atoms with Crippen molar-refractivity contribution in [1.29, 1.82) is 0 Å². The second-order valence-electron chi connectivity index (χ2n) is 3.44. The number of nitrogens with zero attached hydrogens (tertiary/aromatic N) is 2. The minimum Gasteiger partial charge on any atom is -0.260 e. The highest BCUT2D eigenvalue weighted by Gasteiger charge is 2.34. The van der Waals surface area contributed by atoms with E-state index in [9.17, 15) is 14.9 Å². The van der Waals surface area contributed by atoms with Crippen LogP contribution in [0.3, 0.4) is 0 Å². The van der Waals surface area contributed by atoms with Crippen molar-refractivity contribution < 1.29 is 9.72 Å². The largest absolute Gasteiger partial charge is 0.343 e. The Hall–Kier alpha value is -2.47. The quantitative estimate of drug-likeness (QED) is 0.354. The number of benzene rings is 1. The van der Waals surface area contributed by atoms with Crippen LogP contribution in [0.25, 0.3) is 6.08 Å². The van der Waals surface area contributed by atoms with E-state index in [0.717, 1.165) is 16.6 Å². The molecule has 0 unspecified atom stereocenters. The minimum absolute atomic E-state index is 0.299. The SMILES string of the molecule is NN1C(=O)C([N+](=O)[O-])=CC1=Cc1ccccc1. The van der Waals surface area contributed by atoms with Gasteiger partial charge in [0.25, 0.3) is 0 Å². The molecule has 2 N–H and O–H groups in total. The molecule has 0 aromatic heterocycles. The van der Waals surface area contributed by atoms with Crippen LogP contribution in [0.2, 0.25) is 0 Å². The van der Waals surface area contributed by atoms with Crippen LogP contribution >= 0.6 is 0 Å². The summed E-state index contributed by atoms with van der Waals surface area (Å²) < 4.78 is 0. The van der Waals surface area contributed by atoms with Crippen LogP contribution in [-0.4, -0.2) is 15.8 Å². The normalized spacial score (nSPS) is 17.5. The summed E-state index contributed by atoms with van der Waals surface area (Å²) in [6.45, 7) is 0. The lowest BCUT2D eigenvalue weighted by Crippen LogP contribution is -2.33. The molecule has 1 aliphatic rings. The molecule has 0 atom stereocenters. The Kier molecular flexibility index (Phi) is 2.71. The van der Waals surface area contributed by atoms with Crippen LogP contribution in [0.15, 0.2) is 47.8 Å². The van der Waals surface area contributed by atoms with E-state index in [4.69, 9.17) is 5.84 Å². The summed E-state index contributed by atoms with van der Waals surface area (Å²) >= 11 is 0. The summed E-state index contributed by atoms with van der Waals surface area (Å²) in [5.74, 6) is 4.65. The topological polar surface area (TPSA) is 89.5 Å². The van der Waals surface area contributed by atoms with Gasteiger partial charge in [0.1, 0.15) is 0 Å². The fourth-order valence-electron chi connectivity index (χ4n) is 1.47. The third-order valence-electron chi connectivity index (χ3n) is 2.31. The van der Waals surface area contributed by atoms with E-state index in [2.05, 4.69) is 0 Å². The molecule has 1 aromatic carbocycles. The van der Waals surface area contributed by atoms with Gasteiger partial charge in [0.2, 0.25) is 0 Å². The molecule has 17 heavy (non-hydrogen) atoms. The van der Waals surface area contributed by atoms with Crippen molar-refractivity contribution in [3.05, 3.63) is 63.5 Å². The van der Waals surface area contributed by atoms with E-state index in [-0.39, 0.29) is 0 Å². The number of allylic oxidation sites excluding steroid dienone is 1. The summed E-state index contributed by atoms with van der Waals surface area (Å²) in [7, 11) is 0. The van der Waals surface area contributed by atoms with Gasteiger partial charge in [-0.15, -0.1) is 0 Å². The maximum Gasteiger partial charge on any atom is 0.343 e. The highest BCUT2D eigenvalue weighted by Crippen LogP contribution is 2.20. The van der Waals surface area contributed by atoms with Gasteiger partial charge in [0.05, 0.1) is 10.6 Å². The Bertz CT molecular complexity index is 534. The second-order valence-corrected chi connectivity index (χ2v) is 3.44. The average Bonchev–Trinajstić information content (AvgIpc) is 2.59. The molecule has 0 fully saturated rings. The van der Waals surface area contributed by atoms with Crippen LogP contribution in [0.1, 0.15) is 5.56 Å². The van der Waals surface area contributed by atoms with E-state index >= 15 is 0 Å². The van der Waals surface area contributed by atoms with Gasteiger partial charge in [-0.25, -0.2) is 10.9 Å². The van der Waals surface area contributed by atoms with E-state index < -0.39 is 16.5 Å². The average molecular weight is 231 g/mol. The number of rotatable bonds is 2. The Labute approximate surface area is 96.8 Å². The van der Waals surface area contributed by atoms with Crippen molar-refractivity contribution in [3.63, 3.8) is 0 Å². The number of nitro groups is 1. The van der Waals surface area contributed by atoms with E-state index in [1.54, 1.807) is 6.08 Å². The zero-order valence-corrected chi connectivity index (χ0v) is 8.74. The van der Waals surface area contributed by atoms with Gasteiger partial charge in [-0.05, 0) is 11.6 Å². The van der Waals surface area contributed by atoms with E-state index in [0.29, 0.717) is 5.70 Å². The molecule has 86 valence electrons. The molecular formula is C11H9N3O3. The first-order valence-electron chi connectivity index (χ1n) is 4.81. The van der Waals surface area contributed by atoms with Gasteiger partial charge in [-0.3, -0.25) is 14.9 Å². The van der Waals surface area contributed by atoms with Crippen LogP contribution in [-0.2, 0) is 4.79 Å². The molecule has 1 aromatic rings. The number of amides is 1. The molecule has 1 aliphatic heterocycles. The Balaban J connectivity index is 2.38. The summed E-state index contributed by atoms with van der Waals surface area (Å²) in [4.78, 5) is 21.2. The number of hydrogen-bond donors (Lipinski definition) is 1. The molecule has 0 radical (unpaired) electrons. The molecule has 0 bridgehead atoms. The monoisotopic (exact) mass is 231 g/mol. The molecule has 1 amide bonds. The maximum absolute atomic E-state index is 11.4. The molecule has 0 aliphatic carbocycles. The molecule has 2 rings (SSSR count). The minimum atomic E-state index is -0.808. The number of hydrogen-bond acceptors (Lipinski definition) is 4. The standard InChI is InChI=1S/C11H9N3O3/c12-13-9(6-8-4-2-1-3-5-8)7-10(11(13)15)14(16)17/h1-7H,12H2. The molecule has 1 heterocycles. The van der Waals surface area contributed by atoms with Gasteiger partial charge < -0.3 is 0 Å². The molecule has 0 spiro atoms. The van der Waals surface area contributed by atoms with Gasteiger partial charge in [-0.1, -0.05) is 30.3 Å². The highest BCUT2D eigenvalue weighted by atomic mass is 16.6. The van der Waals surface area contributed by atoms with E-state index in [1.165, 1.54) is 0 Å². The van der Waals surface area contributed by atoms with Crippen molar-refractivity contribution in [1.82, 2.24) is 5.01 Å². The molecular weight excluding hydrogens is 222 g/mol. The van der Waals surface area contributed by atoms with Crippen LogP contribution in [0.4, 0.5) is 0 Å². The predicted molar refractivity (Wildman–Crippen MR) is 60.5 cm³/mol. The number of nitrogens with two attached hydrogens (primary N) is 1. The van der Waals surface area contributed by atoms with Crippen molar-refractivity contribution in [3.8, 4) is 0 Å². The van der Waals surface area contributed by atoms with Gasteiger partial charge in [0.15, 0.2) is 0 Å². The van der Waals surface area contributed by atoms with Crippen molar-refractivity contribution in [2.24, 2.45) is 5.84 Å². The van der Waals surface area contributed by atoms with Crippen molar-refractivity contribution in [2.45, 2.75) is 0 Å². The smallest absolute Gasteiger partial charge is 0.260 e. The predicted octanol–water partition coefficient (Wildman–Crippen LogP) is 0.904. The lowest BCUT2D eigenvalue weighted by atomic mass is 10.2. The lowest BCUT2D eigenvalue weighted by Gasteiger charge is -2.08. The maximum atomic E-state index is 11.4.